The lowest BCUT2D eigenvalue weighted by atomic mass is 10.1. The third-order valence-corrected chi connectivity index (χ3v) is 7.22. The van der Waals surface area contributed by atoms with Crippen LogP contribution in [0.3, 0.4) is 0 Å². The average molecular weight is 430 g/mol. The zero-order valence-electron chi connectivity index (χ0n) is 16.7. The smallest absolute Gasteiger partial charge is 0.277 e. The second-order valence-electron chi connectivity index (χ2n) is 7.25. The van der Waals surface area contributed by atoms with Gasteiger partial charge in [-0.15, -0.1) is 10.2 Å². The van der Waals surface area contributed by atoms with E-state index in [4.69, 9.17) is 5.73 Å². The Balaban J connectivity index is 1.60. The second kappa shape index (κ2) is 7.58. The van der Waals surface area contributed by atoms with Gasteiger partial charge in [0.25, 0.3) is 10.0 Å². The first-order valence-corrected chi connectivity index (χ1v) is 10.9. The summed E-state index contributed by atoms with van der Waals surface area (Å²) in [5.74, 6) is 0.351. The number of nitrogen functional groups attached to an aromatic ring is 1. The number of nitrogens with two attached hydrogens (primary N) is 1. The van der Waals surface area contributed by atoms with Crippen LogP contribution in [-0.2, 0) is 17.1 Å². The highest BCUT2D eigenvalue weighted by atomic mass is 32.2. The molecule has 3 aromatic rings. The van der Waals surface area contributed by atoms with E-state index in [1.54, 1.807) is 43.6 Å². The van der Waals surface area contributed by atoms with Crippen molar-refractivity contribution in [2.75, 3.05) is 30.3 Å². The monoisotopic (exact) mass is 429 g/mol. The molecule has 1 aromatic carbocycles. The number of nitrogens with zero attached hydrogens (tertiary/aromatic N) is 6. The molecule has 0 bridgehead atoms. The van der Waals surface area contributed by atoms with Crippen molar-refractivity contribution in [1.82, 2.24) is 24.1 Å². The van der Waals surface area contributed by atoms with E-state index < -0.39 is 10.0 Å². The van der Waals surface area contributed by atoms with Gasteiger partial charge in [0.1, 0.15) is 5.75 Å². The molecular weight excluding hydrogens is 406 g/mol. The van der Waals surface area contributed by atoms with Gasteiger partial charge in [-0.05, 0) is 25.1 Å². The molecule has 3 heterocycles. The molecule has 11 heteroatoms. The van der Waals surface area contributed by atoms with Crippen LogP contribution in [0.5, 0.6) is 5.75 Å². The van der Waals surface area contributed by atoms with Gasteiger partial charge in [0.05, 0.1) is 11.4 Å². The molecule has 1 atom stereocenters. The fourth-order valence-corrected chi connectivity index (χ4v) is 5.38. The Hall–Kier alpha value is -3.18. The van der Waals surface area contributed by atoms with Crippen LogP contribution in [0, 0.1) is 0 Å². The maximum Gasteiger partial charge on any atom is 0.277 e. The summed E-state index contributed by atoms with van der Waals surface area (Å²) in [6, 6.07) is 8.33. The van der Waals surface area contributed by atoms with Crippen LogP contribution in [-0.4, -0.2) is 63.3 Å². The molecule has 158 valence electrons. The van der Waals surface area contributed by atoms with Gasteiger partial charge in [-0.3, -0.25) is 0 Å². The molecule has 1 fully saturated rings. The zero-order chi connectivity index (χ0) is 21.5. The Labute approximate surface area is 174 Å². The number of aromatic nitrogens is 4. The van der Waals surface area contributed by atoms with Crippen LogP contribution in [0.4, 0.5) is 11.5 Å². The molecule has 0 aliphatic carbocycles. The summed E-state index contributed by atoms with van der Waals surface area (Å²) >= 11 is 0. The minimum absolute atomic E-state index is 0.0229. The van der Waals surface area contributed by atoms with Gasteiger partial charge in [-0.1, -0.05) is 12.1 Å². The van der Waals surface area contributed by atoms with Crippen LogP contribution >= 0.6 is 0 Å². The third-order valence-electron chi connectivity index (χ3n) is 5.20. The molecule has 0 saturated carbocycles. The molecule has 10 nitrogen and oxygen atoms in total. The Morgan fingerprint density at radius 3 is 2.63 bits per heavy atom. The van der Waals surface area contributed by atoms with Crippen molar-refractivity contribution in [2.24, 2.45) is 7.05 Å². The minimum atomic E-state index is -3.70. The lowest BCUT2D eigenvalue weighted by Crippen LogP contribution is -2.54. The van der Waals surface area contributed by atoms with Crippen LogP contribution in [0.2, 0.25) is 0 Å². The van der Waals surface area contributed by atoms with E-state index in [1.165, 1.54) is 15.1 Å². The van der Waals surface area contributed by atoms with Crippen LogP contribution in [0.1, 0.15) is 6.92 Å². The summed E-state index contributed by atoms with van der Waals surface area (Å²) in [4.78, 5) is 5.99. The zero-order valence-corrected chi connectivity index (χ0v) is 17.5. The van der Waals surface area contributed by atoms with E-state index in [1.807, 2.05) is 11.8 Å². The predicted octanol–water partition coefficient (Wildman–Crippen LogP) is 1.06. The molecule has 1 unspecified atom stereocenters. The predicted molar refractivity (Wildman–Crippen MR) is 112 cm³/mol. The lowest BCUT2D eigenvalue weighted by Gasteiger charge is -2.39. The van der Waals surface area contributed by atoms with Crippen molar-refractivity contribution in [3.63, 3.8) is 0 Å². The molecule has 1 aliphatic rings. The summed E-state index contributed by atoms with van der Waals surface area (Å²) in [5, 5.41) is 18.3. The second-order valence-corrected chi connectivity index (χ2v) is 9.03. The molecule has 4 rings (SSSR count). The fraction of sp³-hybridized carbons (Fsp3) is 0.316. The molecule has 2 aromatic heterocycles. The van der Waals surface area contributed by atoms with Crippen LogP contribution in [0.25, 0.3) is 11.3 Å². The van der Waals surface area contributed by atoms with E-state index in [0.717, 1.165) is 0 Å². The van der Waals surface area contributed by atoms with Crippen molar-refractivity contribution in [1.29, 1.82) is 0 Å². The molecule has 1 saturated heterocycles. The maximum atomic E-state index is 13.0. The SMILES string of the molecule is CC1CN(c2cc(-c3ccccc3O)nnc2N)CCN1S(=O)(=O)c1nccn1C. The van der Waals surface area contributed by atoms with Gasteiger partial charge >= 0.3 is 0 Å². The summed E-state index contributed by atoms with van der Waals surface area (Å²) < 4.78 is 29.0. The number of para-hydroxylation sites is 1. The number of hydrogen-bond donors (Lipinski definition) is 2. The Morgan fingerprint density at radius 1 is 1.20 bits per heavy atom. The number of anilines is 2. The van der Waals surface area contributed by atoms with E-state index in [-0.39, 0.29) is 29.3 Å². The number of aromatic hydroxyl groups is 1. The van der Waals surface area contributed by atoms with Gasteiger partial charge in [0.15, 0.2) is 5.82 Å². The number of phenolic OH excluding ortho intramolecular Hbond substituents is 1. The van der Waals surface area contributed by atoms with Crippen molar-refractivity contribution in [3.8, 4) is 17.0 Å². The molecule has 0 spiro atoms. The van der Waals surface area contributed by atoms with E-state index in [0.29, 0.717) is 30.0 Å². The standard InChI is InChI=1S/C19H23N7O3S/c1-13-12-25(9-10-26(13)30(28,29)19-21-7-8-24(19)2)16-11-15(22-23-18(16)20)14-5-3-4-6-17(14)27/h3-8,11,13,27H,9-10,12H2,1-2H3,(H2,20,23). The third kappa shape index (κ3) is 3.46. The summed E-state index contributed by atoms with van der Waals surface area (Å²) in [6.45, 7) is 3.00. The van der Waals surface area contributed by atoms with Crippen molar-refractivity contribution in [3.05, 3.63) is 42.7 Å². The number of hydrogen-bond acceptors (Lipinski definition) is 8. The molecule has 0 amide bonds. The highest BCUT2D eigenvalue weighted by Gasteiger charge is 2.36. The molecule has 30 heavy (non-hydrogen) atoms. The molecular formula is C19H23N7O3S. The van der Waals surface area contributed by atoms with Crippen LogP contribution < -0.4 is 10.6 Å². The highest BCUT2D eigenvalue weighted by Crippen LogP contribution is 2.32. The number of benzene rings is 1. The Kier molecular flexibility index (Phi) is 5.08. The largest absolute Gasteiger partial charge is 0.507 e. The minimum Gasteiger partial charge on any atom is -0.507 e. The fourth-order valence-electron chi connectivity index (χ4n) is 3.69. The lowest BCUT2D eigenvalue weighted by molar-refractivity contribution is 0.304. The van der Waals surface area contributed by atoms with E-state index in [9.17, 15) is 13.5 Å². The number of imidazole rings is 1. The Bertz CT molecular complexity index is 1180. The van der Waals surface area contributed by atoms with Crippen molar-refractivity contribution in [2.45, 2.75) is 18.1 Å². The first kappa shape index (κ1) is 20.1. The average Bonchev–Trinajstić information content (AvgIpc) is 3.15. The number of piperazine rings is 1. The number of sulfonamides is 1. The van der Waals surface area contributed by atoms with Gasteiger partial charge in [-0.25, -0.2) is 13.4 Å². The number of rotatable bonds is 4. The summed E-state index contributed by atoms with van der Waals surface area (Å²) in [7, 11) is -2.05. The summed E-state index contributed by atoms with van der Waals surface area (Å²) in [6.07, 6.45) is 3.08. The van der Waals surface area contributed by atoms with E-state index >= 15 is 0 Å². The number of phenols is 1. The maximum absolute atomic E-state index is 13.0. The van der Waals surface area contributed by atoms with Gasteiger partial charge in [-0.2, -0.15) is 4.31 Å². The van der Waals surface area contributed by atoms with Crippen molar-refractivity contribution < 1.29 is 13.5 Å². The first-order chi connectivity index (χ1) is 14.3. The Morgan fingerprint density at radius 2 is 1.97 bits per heavy atom. The molecule has 3 N–H and O–H groups in total. The summed E-state index contributed by atoms with van der Waals surface area (Å²) in [5.41, 5.74) is 7.78. The quantitative estimate of drug-likeness (QED) is 0.630. The number of aryl methyl sites for hydroxylation is 1. The normalized spacial score (nSPS) is 17.9. The molecule has 1 aliphatic heterocycles. The van der Waals surface area contributed by atoms with Crippen molar-refractivity contribution >= 4 is 21.5 Å². The van der Waals surface area contributed by atoms with E-state index in [2.05, 4.69) is 15.2 Å². The van der Waals surface area contributed by atoms with Gasteiger partial charge < -0.3 is 20.3 Å². The van der Waals surface area contributed by atoms with Crippen LogP contribution in [0.15, 0.2) is 47.9 Å². The topological polar surface area (TPSA) is 130 Å². The van der Waals surface area contributed by atoms with Gasteiger partial charge in [0.2, 0.25) is 5.16 Å². The first-order valence-electron chi connectivity index (χ1n) is 9.44. The highest BCUT2D eigenvalue weighted by molar-refractivity contribution is 7.89. The van der Waals surface area contributed by atoms with Gasteiger partial charge in [0, 0.05) is 50.7 Å². The molecule has 0 radical (unpaired) electrons.